The second-order valence-corrected chi connectivity index (χ2v) is 7.92. The molecule has 1 aromatic carbocycles. The van der Waals surface area contributed by atoms with Crippen LogP contribution in [-0.2, 0) is 14.4 Å². The Morgan fingerprint density at radius 2 is 1.86 bits per heavy atom. The Bertz CT molecular complexity index is 832. The number of likely N-dealkylation sites (N-methyl/N-ethyl adjacent to an activating group) is 1. The van der Waals surface area contributed by atoms with E-state index < -0.39 is 17.5 Å². The lowest BCUT2D eigenvalue weighted by molar-refractivity contribution is -0.137. The topological polar surface area (TPSA) is 98.8 Å². The van der Waals surface area contributed by atoms with Crippen LogP contribution in [0.4, 0.5) is 10.5 Å². The highest BCUT2D eigenvalue weighted by molar-refractivity contribution is 6.09. The molecule has 1 unspecified atom stereocenters. The zero-order valence-corrected chi connectivity index (χ0v) is 17.2. The molecule has 2 N–H and O–H groups in total. The molecule has 1 atom stereocenters. The largest absolute Gasteiger partial charge is 0.348 e. The first-order valence-corrected chi connectivity index (χ1v) is 10.0. The predicted molar refractivity (Wildman–Crippen MR) is 108 cm³/mol. The van der Waals surface area contributed by atoms with E-state index in [1.807, 2.05) is 13.0 Å². The Morgan fingerprint density at radius 3 is 2.52 bits per heavy atom. The molecule has 29 heavy (non-hydrogen) atoms. The van der Waals surface area contributed by atoms with Crippen molar-refractivity contribution >= 4 is 29.4 Å². The number of nitrogens with one attached hydrogen (secondary N) is 2. The van der Waals surface area contributed by atoms with Gasteiger partial charge in [-0.3, -0.25) is 19.3 Å². The van der Waals surface area contributed by atoms with Gasteiger partial charge in [-0.1, -0.05) is 31.4 Å². The van der Waals surface area contributed by atoms with E-state index >= 15 is 0 Å². The van der Waals surface area contributed by atoms with Crippen LogP contribution in [0.5, 0.6) is 0 Å². The SMILES string of the molecule is CC(=O)Nc1cccc(C(C)NC(=O)CN2C(=O)N(C)C3(CCCCC3)C2=O)c1. The monoisotopic (exact) mass is 400 g/mol. The van der Waals surface area contributed by atoms with Crippen LogP contribution in [0.2, 0.25) is 0 Å². The maximum atomic E-state index is 13.0. The van der Waals surface area contributed by atoms with Gasteiger partial charge in [0.25, 0.3) is 5.91 Å². The summed E-state index contributed by atoms with van der Waals surface area (Å²) < 4.78 is 0. The van der Waals surface area contributed by atoms with Crippen LogP contribution in [-0.4, -0.2) is 52.7 Å². The molecule has 156 valence electrons. The zero-order chi connectivity index (χ0) is 21.2. The van der Waals surface area contributed by atoms with Crippen LogP contribution in [0.25, 0.3) is 0 Å². The molecular formula is C21H28N4O4. The fraction of sp³-hybridized carbons (Fsp3) is 0.524. The van der Waals surface area contributed by atoms with Crippen molar-refractivity contribution in [3.05, 3.63) is 29.8 Å². The summed E-state index contributed by atoms with van der Waals surface area (Å²) in [6, 6.07) is 6.42. The number of rotatable bonds is 5. The average molecular weight is 400 g/mol. The number of carbonyl (C=O) groups excluding carboxylic acids is 4. The lowest BCUT2D eigenvalue weighted by atomic mass is 9.81. The molecule has 8 heteroatoms. The molecule has 0 aromatic heterocycles. The maximum Gasteiger partial charge on any atom is 0.327 e. The summed E-state index contributed by atoms with van der Waals surface area (Å²) in [5.41, 5.74) is 0.667. The van der Waals surface area contributed by atoms with Crippen molar-refractivity contribution in [1.29, 1.82) is 0 Å². The number of carbonyl (C=O) groups is 4. The minimum absolute atomic E-state index is 0.175. The molecule has 2 fully saturated rings. The average Bonchev–Trinajstić information content (AvgIpc) is 2.84. The fourth-order valence-electron chi connectivity index (χ4n) is 4.27. The van der Waals surface area contributed by atoms with Gasteiger partial charge in [0.05, 0.1) is 6.04 Å². The van der Waals surface area contributed by atoms with Crippen molar-refractivity contribution in [3.63, 3.8) is 0 Å². The van der Waals surface area contributed by atoms with Gasteiger partial charge < -0.3 is 15.5 Å². The Hall–Kier alpha value is -2.90. The number of hydrogen-bond acceptors (Lipinski definition) is 4. The van der Waals surface area contributed by atoms with Crippen molar-refractivity contribution in [2.75, 3.05) is 18.9 Å². The van der Waals surface area contributed by atoms with Crippen molar-refractivity contribution in [2.24, 2.45) is 0 Å². The summed E-state index contributed by atoms with van der Waals surface area (Å²) in [5, 5.41) is 5.54. The molecule has 0 radical (unpaired) electrons. The summed E-state index contributed by atoms with van der Waals surface area (Å²) in [6.07, 6.45) is 4.18. The molecule has 5 amide bonds. The number of amides is 5. The third-order valence-electron chi connectivity index (χ3n) is 5.87. The second kappa shape index (κ2) is 8.23. The molecule has 1 spiro atoms. The number of nitrogens with zero attached hydrogens (tertiary/aromatic N) is 2. The molecule has 8 nitrogen and oxygen atoms in total. The minimum atomic E-state index is -0.784. The number of benzene rings is 1. The summed E-state index contributed by atoms with van der Waals surface area (Å²) in [7, 11) is 1.65. The van der Waals surface area contributed by atoms with Crippen LogP contribution in [0.15, 0.2) is 24.3 Å². The van der Waals surface area contributed by atoms with Gasteiger partial charge >= 0.3 is 6.03 Å². The number of imide groups is 1. The van der Waals surface area contributed by atoms with Crippen LogP contribution in [0.3, 0.4) is 0 Å². The van der Waals surface area contributed by atoms with E-state index in [0.29, 0.717) is 18.5 Å². The van der Waals surface area contributed by atoms with Gasteiger partial charge in [-0.05, 0) is 37.5 Å². The number of hydrogen-bond donors (Lipinski definition) is 2. The molecule has 1 aliphatic carbocycles. The van der Waals surface area contributed by atoms with Crippen molar-refractivity contribution in [2.45, 2.75) is 57.5 Å². The van der Waals surface area contributed by atoms with Crippen LogP contribution < -0.4 is 10.6 Å². The van der Waals surface area contributed by atoms with Gasteiger partial charge in [0.15, 0.2) is 0 Å². The van der Waals surface area contributed by atoms with Gasteiger partial charge in [0.1, 0.15) is 12.1 Å². The van der Waals surface area contributed by atoms with Gasteiger partial charge in [-0.2, -0.15) is 0 Å². The van der Waals surface area contributed by atoms with E-state index in [-0.39, 0.29) is 24.4 Å². The lowest BCUT2D eigenvalue weighted by Crippen LogP contribution is -2.49. The zero-order valence-electron chi connectivity index (χ0n) is 17.2. The van der Waals surface area contributed by atoms with Crippen LogP contribution in [0.1, 0.15) is 57.6 Å². The third kappa shape index (κ3) is 4.11. The predicted octanol–water partition coefficient (Wildman–Crippen LogP) is 2.42. The highest BCUT2D eigenvalue weighted by atomic mass is 16.2. The Morgan fingerprint density at radius 1 is 1.17 bits per heavy atom. The maximum absolute atomic E-state index is 13.0. The van der Waals surface area contributed by atoms with Gasteiger partial charge in [0, 0.05) is 19.7 Å². The molecule has 1 aromatic rings. The summed E-state index contributed by atoms with van der Waals surface area (Å²) in [5.74, 6) is -0.837. The van der Waals surface area contributed by atoms with Crippen molar-refractivity contribution in [1.82, 2.24) is 15.1 Å². The van der Waals surface area contributed by atoms with E-state index in [2.05, 4.69) is 10.6 Å². The molecule has 3 rings (SSSR count). The molecule has 1 aliphatic heterocycles. The summed E-state index contributed by atoms with van der Waals surface area (Å²) in [4.78, 5) is 52.0. The molecule has 1 heterocycles. The standard InChI is InChI=1S/C21H28N4O4/c1-14(16-8-7-9-17(12-16)23-15(2)26)22-18(27)13-25-19(28)21(24(3)20(25)29)10-5-4-6-11-21/h7-9,12,14H,4-6,10-11,13H2,1-3H3,(H,22,27)(H,23,26). The molecule has 1 saturated heterocycles. The number of urea groups is 1. The van der Waals surface area contributed by atoms with Gasteiger partial charge in [-0.15, -0.1) is 0 Å². The van der Waals surface area contributed by atoms with Gasteiger partial charge in [-0.25, -0.2) is 4.79 Å². The van der Waals surface area contributed by atoms with Crippen molar-refractivity contribution < 1.29 is 19.2 Å². The smallest absolute Gasteiger partial charge is 0.327 e. The fourth-order valence-corrected chi connectivity index (χ4v) is 4.27. The normalized spacial score (nSPS) is 19.4. The van der Waals surface area contributed by atoms with E-state index in [4.69, 9.17) is 0 Å². The highest BCUT2D eigenvalue weighted by Gasteiger charge is 2.55. The number of anilines is 1. The summed E-state index contributed by atoms with van der Waals surface area (Å²) >= 11 is 0. The summed E-state index contributed by atoms with van der Waals surface area (Å²) in [6.45, 7) is 2.95. The van der Waals surface area contributed by atoms with E-state index in [1.165, 1.54) is 11.8 Å². The Balaban J connectivity index is 1.65. The highest BCUT2D eigenvalue weighted by Crippen LogP contribution is 2.39. The Kier molecular flexibility index (Phi) is 5.91. The first kappa shape index (κ1) is 20.8. The molecule has 1 saturated carbocycles. The second-order valence-electron chi connectivity index (χ2n) is 7.92. The molecule has 0 bridgehead atoms. The van der Waals surface area contributed by atoms with E-state index in [1.54, 1.807) is 25.2 Å². The first-order valence-electron chi connectivity index (χ1n) is 10.0. The molecular weight excluding hydrogens is 372 g/mol. The quantitative estimate of drug-likeness (QED) is 0.742. The Labute approximate surface area is 170 Å². The minimum Gasteiger partial charge on any atom is -0.348 e. The first-order chi connectivity index (χ1) is 13.7. The lowest BCUT2D eigenvalue weighted by Gasteiger charge is -2.35. The van der Waals surface area contributed by atoms with Crippen molar-refractivity contribution in [3.8, 4) is 0 Å². The van der Waals surface area contributed by atoms with E-state index in [9.17, 15) is 19.2 Å². The van der Waals surface area contributed by atoms with Crippen LogP contribution >= 0.6 is 0 Å². The van der Waals surface area contributed by atoms with Gasteiger partial charge in [0.2, 0.25) is 11.8 Å². The molecule has 2 aliphatic rings. The van der Waals surface area contributed by atoms with E-state index in [0.717, 1.165) is 29.7 Å². The van der Waals surface area contributed by atoms with Crippen LogP contribution in [0, 0.1) is 0 Å². The third-order valence-corrected chi connectivity index (χ3v) is 5.87.